The zero-order valence-corrected chi connectivity index (χ0v) is 14.8. The molecule has 0 aliphatic carbocycles. The summed E-state index contributed by atoms with van der Waals surface area (Å²) in [4.78, 5) is 24.9. The highest BCUT2D eigenvalue weighted by atomic mass is 35.5. The smallest absolute Gasteiger partial charge is 0.305 e. The van der Waals surface area contributed by atoms with Gasteiger partial charge in [-0.15, -0.1) is 11.3 Å². The van der Waals surface area contributed by atoms with Crippen LogP contribution in [0.1, 0.15) is 12.0 Å². The molecule has 0 spiro atoms. The number of hydrogen-bond donors (Lipinski definition) is 1. The van der Waals surface area contributed by atoms with Gasteiger partial charge in [0, 0.05) is 21.7 Å². The Hall–Kier alpha value is -1.41. The Morgan fingerprint density at radius 1 is 1.43 bits per heavy atom. The number of aliphatic carboxylic acids is 1. The van der Waals surface area contributed by atoms with Crippen molar-refractivity contribution in [3.63, 3.8) is 0 Å². The van der Waals surface area contributed by atoms with E-state index in [2.05, 4.69) is 0 Å². The first-order valence-electron chi connectivity index (χ1n) is 6.59. The standard InChI is InChI=1S/C15H10ClNO3S3/c16-9-1-2-11-10(6-9)8(7-22-11)5-12-14(20)17(15(21)23-12)4-3-13(18)19/h1-2,5-7H,3-4H2,(H,18,19)/b12-5-. The molecule has 0 radical (unpaired) electrons. The molecule has 1 aromatic carbocycles. The van der Waals surface area contributed by atoms with Gasteiger partial charge in [0.05, 0.1) is 11.3 Å². The second-order valence-electron chi connectivity index (χ2n) is 4.81. The average molecular weight is 384 g/mol. The molecule has 1 aromatic heterocycles. The molecule has 2 aromatic rings. The fraction of sp³-hybridized carbons (Fsp3) is 0.133. The van der Waals surface area contributed by atoms with Gasteiger partial charge in [0.15, 0.2) is 0 Å². The van der Waals surface area contributed by atoms with Crippen LogP contribution in [0.5, 0.6) is 0 Å². The van der Waals surface area contributed by atoms with E-state index in [1.54, 1.807) is 17.4 Å². The van der Waals surface area contributed by atoms with E-state index >= 15 is 0 Å². The van der Waals surface area contributed by atoms with Crippen molar-refractivity contribution in [1.29, 1.82) is 0 Å². The van der Waals surface area contributed by atoms with Gasteiger partial charge in [-0.25, -0.2) is 0 Å². The van der Waals surface area contributed by atoms with Gasteiger partial charge >= 0.3 is 5.97 Å². The number of thiocarbonyl (C=S) groups is 1. The van der Waals surface area contributed by atoms with Gasteiger partial charge in [0.2, 0.25) is 0 Å². The largest absolute Gasteiger partial charge is 0.481 e. The molecule has 4 nitrogen and oxygen atoms in total. The topological polar surface area (TPSA) is 57.6 Å². The number of thiophene rings is 1. The van der Waals surface area contributed by atoms with Crippen LogP contribution in [-0.2, 0) is 9.59 Å². The summed E-state index contributed by atoms with van der Waals surface area (Å²) in [6.07, 6.45) is 1.66. The second kappa shape index (κ2) is 6.60. The van der Waals surface area contributed by atoms with Gasteiger partial charge in [-0.05, 0) is 35.2 Å². The first-order chi connectivity index (χ1) is 11.0. The van der Waals surface area contributed by atoms with E-state index in [9.17, 15) is 9.59 Å². The van der Waals surface area contributed by atoms with Crippen molar-refractivity contribution in [1.82, 2.24) is 4.90 Å². The molecule has 8 heteroatoms. The third-order valence-electron chi connectivity index (χ3n) is 3.27. The number of hydrogen-bond acceptors (Lipinski definition) is 5. The van der Waals surface area contributed by atoms with Gasteiger partial charge < -0.3 is 5.11 Å². The van der Waals surface area contributed by atoms with E-state index in [-0.39, 0.29) is 18.9 Å². The number of carbonyl (C=O) groups excluding carboxylic acids is 1. The van der Waals surface area contributed by atoms with Crippen molar-refractivity contribution in [3.8, 4) is 0 Å². The van der Waals surface area contributed by atoms with Gasteiger partial charge in [0.1, 0.15) is 4.32 Å². The zero-order chi connectivity index (χ0) is 16.6. The second-order valence-corrected chi connectivity index (χ2v) is 7.83. The molecule has 1 aliphatic heterocycles. The molecule has 1 N–H and O–H groups in total. The normalized spacial score (nSPS) is 16.7. The van der Waals surface area contributed by atoms with Gasteiger partial charge in [-0.1, -0.05) is 35.6 Å². The number of thioether (sulfide) groups is 1. The van der Waals surface area contributed by atoms with Gasteiger partial charge in [-0.3, -0.25) is 14.5 Å². The number of rotatable bonds is 4. The van der Waals surface area contributed by atoms with Crippen LogP contribution in [0.4, 0.5) is 0 Å². The molecular weight excluding hydrogens is 374 g/mol. The number of carboxylic acid groups (broad SMARTS) is 1. The maximum Gasteiger partial charge on any atom is 0.305 e. The first-order valence-corrected chi connectivity index (χ1v) is 9.08. The Labute approximate surface area is 150 Å². The molecular formula is C15H10ClNO3S3. The molecule has 1 aliphatic rings. The van der Waals surface area contributed by atoms with E-state index in [0.717, 1.165) is 15.6 Å². The van der Waals surface area contributed by atoms with Crippen LogP contribution >= 0.6 is 46.9 Å². The number of halogens is 1. The monoisotopic (exact) mass is 383 g/mol. The van der Waals surface area contributed by atoms with Crippen molar-refractivity contribution >= 4 is 79.3 Å². The minimum atomic E-state index is -0.957. The Bertz CT molecular complexity index is 859. The minimum Gasteiger partial charge on any atom is -0.481 e. The van der Waals surface area contributed by atoms with Crippen molar-refractivity contribution in [3.05, 3.63) is 39.1 Å². The maximum atomic E-state index is 12.4. The molecule has 1 amide bonds. The average Bonchev–Trinajstić information content (AvgIpc) is 2.99. The Morgan fingerprint density at radius 2 is 2.22 bits per heavy atom. The summed E-state index contributed by atoms with van der Waals surface area (Å²) in [6.45, 7) is 0.0908. The lowest BCUT2D eigenvalue weighted by Crippen LogP contribution is -2.30. The summed E-state index contributed by atoms with van der Waals surface area (Å²) in [6, 6.07) is 5.64. The summed E-state index contributed by atoms with van der Waals surface area (Å²) in [7, 11) is 0. The van der Waals surface area contributed by atoms with Crippen LogP contribution in [0.3, 0.4) is 0 Å². The van der Waals surface area contributed by atoms with Crippen LogP contribution in [0, 0.1) is 0 Å². The van der Waals surface area contributed by atoms with Crippen molar-refractivity contribution in [2.45, 2.75) is 6.42 Å². The molecule has 1 fully saturated rings. The maximum absolute atomic E-state index is 12.4. The van der Waals surface area contributed by atoms with Crippen LogP contribution in [-0.4, -0.2) is 32.7 Å². The Balaban J connectivity index is 1.90. The fourth-order valence-corrected chi connectivity index (χ4v) is 4.55. The number of fused-ring (bicyclic) bond motifs is 1. The molecule has 1 saturated heterocycles. The van der Waals surface area contributed by atoms with E-state index in [1.165, 1.54) is 16.7 Å². The third kappa shape index (κ3) is 3.42. The van der Waals surface area contributed by atoms with Crippen molar-refractivity contribution in [2.75, 3.05) is 6.54 Å². The fourth-order valence-electron chi connectivity index (χ4n) is 2.17. The van der Waals surface area contributed by atoms with Gasteiger partial charge in [0.25, 0.3) is 5.91 Å². The molecule has 0 bridgehead atoms. The molecule has 2 heterocycles. The summed E-state index contributed by atoms with van der Waals surface area (Å²) in [5, 5.41) is 12.3. The quantitative estimate of drug-likeness (QED) is 0.632. The van der Waals surface area contributed by atoms with E-state index in [1.807, 2.05) is 23.6 Å². The molecule has 0 saturated carbocycles. The number of amides is 1. The minimum absolute atomic E-state index is 0.0908. The zero-order valence-electron chi connectivity index (χ0n) is 11.6. The van der Waals surface area contributed by atoms with Crippen molar-refractivity contribution < 1.29 is 14.7 Å². The first kappa shape index (κ1) is 16.4. The summed E-state index contributed by atoms with van der Waals surface area (Å²) in [5.41, 5.74) is 0.909. The number of carbonyl (C=O) groups is 2. The van der Waals surface area contributed by atoms with Crippen LogP contribution in [0.2, 0.25) is 5.02 Å². The summed E-state index contributed by atoms with van der Waals surface area (Å²) < 4.78 is 1.47. The van der Waals surface area contributed by atoms with Gasteiger partial charge in [-0.2, -0.15) is 0 Å². The molecule has 0 atom stereocenters. The lowest BCUT2D eigenvalue weighted by atomic mass is 10.1. The SMILES string of the molecule is O=C(O)CCN1C(=O)/C(=C/c2csc3ccc(Cl)cc23)SC1=S. The Kier molecular flexibility index (Phi) is 4.72. The van der Waals surface area contributed by atoms with Crippen LogP contribution in [0.15, 0.2) is 28.5 Å². The summed E-state index contributed by atoms with van der Waals surface area (Å²) in [5.74, 6) is -1.20. The summed E-state index contributed by atoms with van der Waals surface area (Å²) >= 11 is 14.0. The highest BCUT2D eigenvalue weighted by Crippen LogP contribution is 2.36. The lowest BCUT2D eigenvalue weighted by molar-refractivity contribution is -0.137. The lowest BCUT2D eigenvalue weighted by Gasteiger charge is -2.12. The van der Waals surface area contributed by atoms with Crippen LogP contribution < -0.4 is 0 Å². The number of benzene rings is 1. The van der Waals surface area contributed by atoms with E-state index < -0.39 is 5.97 Å². The van der Waals surface area contributed by atoms with E-state index in [4.69, 9.17) is 28.9 Å². The molecule has 118 valence electrons. The highest BCUT2D eigenvalue weighted by molar-refractivity contribution is 8.26. The van der Waals surface area contributed by atoms with Crippen LogP contribution in [0.25, 0.3) is 16.2 Å². The Morgan fingerprint density at radius 3 is 2.96 bits per heavy atom. The predicted molar refractivity (Wildman–Crippen MR) is 99.0 cm³/mol. The predicted octanol–water partition coefficient (Wildman–Crippen LogP) is 4.23. The number of carboxylic acids is 1. The van der Waals surface area contributed by atoms with Crippen molar-refractivity contribution in [2.24, 2.45) is 0 Å². The molecule has 0 unspecified atom stereocenters. The highest BCUT2D eigenvalue weighted by Gasteiger charge is 2.32. The van der Waals surface area contributed by atoms with E-state index in [0.29, 0.717) is 14.2 Å². The molecule has 3 rings (SSSR count). The molecule has 23 heavy (non-hydrogen) atoms. The third-order valence-corrected chi connectivity index (χ3v) is 5.87. The number of nitrogens with zero attached hydrogens (tertiary/aromatic N) is 1.